The summed E-state index contributed by atoms with van der Waals surface area (Å²) in [4.78, 5) is 0. The molecule has 1 rings (SSSR count). The molecule has 1 saturated heterocycles. The second-order valence-electron chi connectivity index (χ2n) is 2.39. The monoisotopic (exact) mass is 186 g/mol. The van der Waals surface area contributed by atoms with Gasteiger partial charge in [0.2, 0.25) is 0 Å². The topological polar surface area (TPSA) is 63.4 Å². The van der Waals surface area contributed by atoms with Gasteiger partial charge in [-0.15, -0.1) is 0 Å². The van der Waals surface area contributed by atoms with Gasteiger partial charge < -0.3 is 0 Å². The van der Waals surface area contributed by atoms with E-state index < -0.39 is 35.6 Å². The molecule has 0 aromatic rings. The maximum atomic E-state index is 12.4. The van der Waals surface area contributed by atoms with Crippen LogP contribution in [0.2, 0.25) is 0 Å². The number of nitrogens with zero attached hydrogens (tertiary/aromatic N) is 1. The average molecular weight is 186 g/mol. The van der Waals surface area contributed by atoms with Crippen LogP contribution < -0.4 is 5.14 Å². The van der Waals surface area contributed by atoms with Gasteiger partial charge in [0.15, 0.2) is 0 Å². The van der Waals surface area contributed by atoms with Gasteiger partial charge in [0.05, 0.1) is 0 Å². The molecule has 66 valence electrons. The molecule has 1 heterocycles. The number of hydrogen-bond donors (Lipinski definition) is 1. The zero-order chi connectivity index (χ0) is 8.65. The first-order valence-corrected chi connectivity index (χ1v) is 4.47. The Labute approximate surface area is 63.2 Å². The molecule has 0 aliphatic carbocycles. The van der Waals surface area contributed by atoms with Crippen LogP contribution in [0.25, 0.3) is 0 Å². The number of hydrogen-bond acceptors (Lipinski definition) is 2. The molecule has 4 nitrogen and oxygen atoms in total. The largest absolute Gasteiger partial charge is 0.277 e. The van der Waals surface area contributed by atoms with Gasteiger partial charge in [-0.05, 0) is 0 Å². The van der Waals surface area contributed by atoms with Crippen LogP contribution in [-0.4, -0.2) is 38.2 Å². The minimum Gasteiger partial charge on any atom is -0.243 e. The minimum absolute atomic E-state index is 0.472. The normalized spacial score (nSPS) is 34.5. The van der Waals surface area contributed by atoms with Gasteiger partial charge in [0.1, 0.15) is 12.3 Å². The van der Waals surface area contributed by atoms with E-state index in [1.165, 1.54) is 0 Å². The lowest BCUT2D eigenvalue weighted by atomic mass is 10.3. The summed E-state index contributed by atoms with van der Waals surface area (Å²) < 4.78 is 46.3. The van der Waals surface area contributed by atoms with Crippen molar-refractivity contribution in [2.24, 2.45) is 5.14 Å². The van der Waals surface area contributed by atoms with Crippen LogP contribution in [0.4, 0.5) is 8.78 Å². The average Bonchev–Trinajstić information content (AvgIpc) is 2.11. The molecule has 1 aliphatic heterocycles. The Morgan fingerprint density at radius 1 is 1.27 bits per heavy atom. The summed E-state index contributed by atoms with van der Waals surface area (Å²) in [6.45, 7) is -0.944. The maximum absolute atomic E-state index is 12.4. The Balaban J connectivity index is 2.69. The van der Waals surface area contributed by atoms with Crippen LogP contribution in [0.5, 0.6) is 0 Å². The van der Waals surface area contributed by atoms with Crippen molar-refractivity contribution in [3.8, 4) is 0 Å². The van der Waals surface area contributed by atoms with Gasteiger partial charge in [0, 0.05) is 13.1 Å². The van der Waals surface area contributed by atoms with Crippen molar-refractivity contribution in [3.05, 3.63) is 0 Å². The van der Waals surface area contributed by atoms with E-state index in [1.807, 2.05) is 0 Å². The van der Waals surface area contributed by atoms with Gasteiger partial charge in [-0.2, -0.15) is 12.7 Å². The fourth-order valence-electron chi connectivity index (χ4n) is 0.900. The van der Waals surface area contributed by atoms with Crippen molar-refractivity contribution in [3.63, 3.8) is 0 Å². The van der Waals surface area contributed by atoms with Crippen LogP contribution in [0, 0.1) is 0 Å². The second-order valence-corrected chi connectivity index (χ2v) is 3.94. The van der Waals surface area contributed by atoms with Crippen molar-refractivity contribution in [1.82, 2.24) is 4.31 Å². The Hall–Kier alpha value is -0.270. The predicted octanol–water partition coefficient (Wildman–Crippen LogP) is -0.818. The van der Waals surface area contributed by atoms with Gasteiger partial charge in [-0.3, -0.25) is 0 Å². The van der Waals surface area contributed by atoms with E-state index in [-0.39, 0.29) is 0 Å². The van der Waals surface area contributed by atoms with Crippen molar-refractivity contribution in [2.45, 2.75) is 12.3 Å². The summed E-state index contributed by atoms with van der Waals surface area (Å²) in [7, 11) is -3.92. The zero-order valence-corrected chi connectivity index (χ0v) is 6.39. The van der Waals surface area contributed by atoms with Crippen molar-refractivity contribution >= 4 is 10.2 Å². The summed E-state index contributed by atoms with van der Waals surface area (Å²) >= 11 is 0. The standard InChI is InChI=1S/C4H8F2N2O2S/c5-3-1-8(2-4(3)6)11(7,9)10/h3-4H,1-2H2,(H2,7,9,10)/t3-,4-/m1/s1. The summed E-state index contributed by atoms with van der Waals surface area (Å²) in [6, 6.07) is 0. The van der Waals surface area contributed by atoms with E-state index in [0.717, 1.165) is 0 Å². The van der Waals surface area contributed by atoms with E-state index in [1.54, 1.807) is 0 Å². The molecule has 2 N–H and O–H groups in total. The second kappa shape index (κ2) is 2.65. The lowest BCUT2D eigenvalue weighted by molar-refractivity contribution is 0.217. The molecule has 0 amide bonds. The van der Waals surface area contributed by atoms with Gasteiger partial charge in [0.25, 0.3) is 10.2 Å². The minimum atomic E-state index is -3.92. The van der Waals surface area contributed by atoms with Crippen molar-refractivity contribution < 1.29 is 17.2 Å². The fourth-order valence-corrected chi connectivity index (χ4v) is 1.60. The molecule has 0 unspecified atom stereocenters. The van der Waals surface area contributed by atoms with Crippen LogP contribution >= 0.6 is 0 Å². The molecule has 7 heteroatoms. The Bertz CT molecular complexity index is 232. The molecule has 0 aromatic heterocycles. The quantitative estimate of drug-likeness (QED) is 0.581. The lowest BCUT2D eigenvalue weighted by Crippen LogP contribution is -2.35. The molecule has 0 spiro atoms. The van der Waals surface area contributed by atoms with Crippen LogP contribution in [0.1, 0.15) is 0 Å². The van der Waals surface area contributed by atoms with Crippen LogP contribution in [0.3, 0.4) is 0 Å². The molecule has 1 aliphatic rings. The SMILES string of the molecule is NS(=O)(=O)N1C[C@@H](F)[C@H](F)C1. The molecule has 0 aromatic carbocycles. The van der Waals surface area contributed by atoms with E-state index in [4.69, 9.17) is 0 Å². The highest BCUT2D eigenvalue weighted by atomic mass is 32.2. The van der Waals surface area contributed by atoms with Crippen LogP contribution in [-0.2, 0) is 10.2 Å². The smallest absolute Gasteiger partial charge is 0.243 e. The molecule has 1 fully saturated rings. The van der Waals surface area contributed by atoms with E-state index >= 15 is 0 Å². The van der Waals surface area contributed by atoms with Gasteiger partial charge in [-0.1, -0.05) is 0 Å². The molecule has 0 radical (unpaired) electrons. The zero-order valence-electron chi connectivity index (χ0n) is 5.57. The maximum Gasteiger partial charge on any atom is 0.277 e. The van der Waals surface area contributed by atoms with Gasteiger partial charge >= 0.3 is 0 Å². The third-order valence-electron chi connectivity index (χ3n) is 1.51. The Kier molecular flexibility index (Phi) is 2.13. The molecular formula is C4H8F2N2O2S. The summed E-state index contributed by atoms with van der Waals surface area (Å²) in [5.74, 6) is 0. The molecule has 2 atom stereocenters. The first kappa shape index (κ1) is 8.82. The summed E-state index contributed by atoms with van der Waals surface area (Å²) in [6.07, 6.45) is -3.48. The summed E-state index contributed by atoms with van der Waals surface area (Å²) in [5.41, 5.74) is 0. The van der Waals surface area contributed by atoms with E-state index in [2.05, 4.69) is 5.14 Å². The highest BCUT2D eigenvalue weighted by molar-refractivity contribution is 7.86. The Morgan fingerprint density at radius 3 is 1.82 bits per heavy atom. The molecule has 11 heavy (non-hydrogen) atoms. The fraction of sp³-hybridized carbons (Fsp3) is 1.00. The van der Waals surface area contributed by atoms with Crippen molar-refractivity contribution in [1.29, 1.82) is 0 Å². The lowest BCUT2D eigenvalue weighted by Gasteiger charge is -2.09. The molecular weight excluding hydrogens is 178 g/mol. The number of halogens is 2. The number of nitrogens with two attached hydrogens (primary N) is 1. The van der Waals surface area contributed by atoms with Gasteiger partial charge in [-0.25, -0.2) is 13.9 Å². The van der Waals surface area contributed by atoms with E-state index in [9.17, 15) is 17.2 Å². The number of rotatable bonds is 1. The van der Waals surface area contributed by atoms with Crippen molar-refractivity contribution in [2.75, 3.05) is 13.1 Å². The highest BCUT2D eigenvalue weighted by Gasteiger charge is 2.37. The first-order valence-electron chi connectivity index (χ1n) is 2.97. The first-order chi connectivity index (χ1) is 4.91. The third kappa shape index (κ3) is 1.85. The number of alkyl halides is 2. The van der Waals surface area contributed by atoms with Crippen LogP contribution in [0.15, 0.2) is 0 Å². The summed E-state index contributed by atoms with van der Waals surface area (Å²) in [5, 5.41) is 4.63. The molecule has 0 saturated carbocycles. The highest BCUT2D eigenvalue weighted by Crippen LogP contribution is 2.17. The predicted molar refractivity (Wildman–Crippen MR) is 34.5 cm³/mol. The molecule has 0 bridgehead atoms. The van der Waals surface area contributed by atoms with E-state index in [0.29, 0.717) is 4.31 Å². The third-order valence-corrected chi connectivity index (χ3v) is 2.53. The Morgan fingerprint density at radius 2 is 1.64 bits per heavy atom.